The summed E-state index contributed by atoms with van der Waals surface area (Å²) >= 11 is 3.39. The molecule has 0 nitrogen and oxygen atoms in total. The molecule has 0 saturated heterocycles. The molecule has 0 N–H and O–H groups in total. The molecule has 0 saturated carbocycles. The minimum atomic E-state index is 0.938. The van der Waals surface area contributed by atoms with Crippen LogP contribution in [-0.2, 0) is 0 Å². The summed E-state index contributed by atoms with van der Waals surface area (Å²) in [6.07, 6.45) is 5.10. The van der Waals surface area contributed by atoms with Crippen molar-refractivity contribution < 1.29 is 0 Å². The zero-order chi connectivity index (χ0) is 16.3. The molecule has 0 unspecified atom stereocenters. The van der Waals surface area contributed by atoms with Gasteiger partial charge in [0.05, 0.1) is 0 Å². The van der Waals surface area contributed by atoms with Crippen LogP contribution in [0.1, 0.15) is 16.7 Å². The highest BCUT2D eigenvalue weighted by Gasteiger charge is 1.87. The van der Waals surface area contributed by atoms with E-state index in [2.05, 4.69) is 33.7 Å². The fraction of sp³-hybridized carbons (Fsp3) is 0. The van der Waals surface area contributed by atoms with Crippen LogP contribution in [0.3, 0.4) is 0 Å². The Hall–Kier alpha value is -2.74. The van der Waals surface area contributed by atoms with Crippen molar-refractivity contribution in [2.24, 2.45) is 0 Å². The summed E-state index contributed by atoms with van der Waals surface area (Å²) in [5.74, 6) is 8.76. The van der Waals surface area contributed by atoms with E-state index in [4.69, 9.17) is 6.42 Å². The maximum Gasteiger partial charge on any atom is 0.0249 e. The van der Waals surface area contributed by atoms with E-state index in [1.165, 1.54) is 0 Å². The second-order valence-electron chi connectivity index (χ2n) is 4.63. The van der Waals surface area contributed by atoms with E-state index in [0.717, 1.165) is 21.2 Å². The molecule has 0 aromatic heterocycles. The van der Waals surface area contributed by atoms with E-state index in [9.17, 15) is 0 Å². The van der Waals surface area contributed by atoms with Gasteiger partial charge in [0.25, 0.3) is 0 Å². The van der Waals surface area contributed by atoms with Gasteiger partial charge in [0, 0.05) is 21.2 Å². The van der Waals surface area contributed by atoms with Crippen molar-refractivity contribution in [3.05, 3.63) is 106 Å². The quantitative estimate of drug-likeness (QED) is 0.464. The van der Waals surface area contributed by atoms with Gasteiger partial charge in [-0.3, -0.25) is 0 Å². The molecule has 1 heteroatoms. The fourth-order valence-electron chi connectivity index (χ4n) is 1.73. The Kier molecular flexibility index (Phi) is 6.73. The Balaban J connectivity index is 0.000000203. The van der Waals surface area contributed by atoms with Gasteiger partial charge < -0.3 is 0 Å². The number of hydrogen-bond acceptors (Lipinski definition) is 0. The lowest BCUT2D eigenvalue weighted by Crippen LogP contribution is -1.74. The summed E-state index contributed by atoms with van der Waals surface area (Å²) in [4.78, 5) is 0. The van der Waals surface area contributed by atoms with Crippen molar-refractivity contribution in [1.29, 1.82) is 0 Å². The molecule has 0 atom stereocenters. The summed E-state index contributed by atoms with van der Waals surface area (Å²) < 4.78 is 1.08. The van der Waals surface area contributed by atoms with Crippen LogP contribution < -0.4 is 0 Å². The number of hydrogen-bond donors (Lipinski definition) is 0. The van der Waals surface area contributed by atoms with Gasteiger partial charge in [0.15, 0.2) is 0 Å². The summed E-state index contributed by atoms with van der Waals surface area (Å²) in [7, 11) is 0. The molecule has 110 valence electrons. The van der Waals surface area contributed by atoms with Gasteiger partial charge in [-0.05, 0) is 48.5 Å². The number of terminal acetylenes is 1. The zero-order valence-electron chi connectivity index (χ0n) is 12.5. The normalized spacial score (nSPS) is 8.70. The van der Waals surface area contributed by atoms with Gasteiger partial charge in [0.2, 0.25) is 0 Å². The molecule has 0 aliphatic carbocycles. The van der Waals surface area contributed by atoms with Gasteiger partial charge in [-0.25, -0.2) is 0 Å². The predicted molar refractivity (Wildman–Crippen MR) is 101 cm³/mol. The van der Waals surface area contributed by atoms with E-state index in [1.54, 1.807) is 0 Å². The molecule has 0 aliphatic rings. The largest absolute Gasteiger partial charge is 0.115 e. The highest BCUT2D eigenvalue weighted by Crippen LogP contribution is 2.09. The van der Waals surface area contributed by atoms with Crippen molar-refractivity contribution in [3.63, 3.8) is 0 Å². The Morgan fingerprint density at radius 2 is 1.00 bits per heavy atom. The first-order valence-corrected chi connectivity index (χ1v) is 7.91. The molecule has 0 spiro atoms. The molecule has 0 heterocycles. The van der Waals surface area contributed by atoms with Crippen LogP contribution in [0.15, 0.2) is 89.4 Å². The van der Waals surface area contributed by atoms with Crippen molar-refractivity contribution in [2.75, 3.05) is 0 Å². The van der Waals surface area contributed by atoms with Gasteiger partial charge >= 0.3 is 0 Å². The molecule has 3 aromatic carbocycles. The predicted octanol–water partition coefficient (Wildman–Crippen LogP) is 5.52. The van der Waals surface area contributed by atoms with Gasteiger partial charge in [-0.2, -0.15) is 0 Å². The summed E-state index contributed by atoms with van der Waals surface area (Å²) in [5, 5.41) is 0. The highest BCUT2D eigenvalue weighted by atomic mass is 79.9. The average molecular weight is 359 g/mol. The van der Waals surface area contributed by atoms with E-state index >= 15 is 0 Å². The molecule has 0 radical (unpaired) electrons. The summed E-state index contributed by atoms with van der Waals surface area (Å²) in [6, 6.07) is 27.6. The standard InChI is InChI=1S/C14H9Br.C8H6/c15-14-10-8-13(9-11-14)7-6-12-4-2-1-3-5-12;1-2-8-6-4-3-5-7-8/h1-5,8-11H;1,3-7H. The fourth-order valence-corrected chi connectivity index (χ4v) is 2.00. The summed E-state index contributed by atoms with van der Waals surface area (Å²) in [6.45, 7) is 0. The van der Waals surface area contributed by atoms with Crippen molar-refractivity contribution in [3.8, 4) is 24.2 Å². The van der Waals surface area contributed by atoms with Crippen LogP contribution >= 0.6 is 15.9 Å². The molecule has 0 bridgehead atoms. The number of rotatable bonds is 0. The molecule has 3 aromatic rings. The minimum Gasteiger partial charge on any atom is -0.115 e. The van der Waals surface area contributed by atoms with E-state index in [1.807, 2.05) is 84.9 Å². The van der Waals surface area contributed by atoms with E-state index in [-0.39, 0.29) is 0 Å². The third-order valence-electron chi connectivity index (χ3n) is 2.91. The highest BCUT2D eigenvalue weighted by molar-refractivity contribution is 9.10. The third kappa shape index (κ3) is 6.27. The van der Waals surface area contributed by atoms with Crippen molar-refractivity contribution >= 4 is 15.9 Å². The zero-order valence-corrected chi connectivity index (χ0v) is 14.1. The van der Waals surface area contributed by atoms with Crippen LogP contribution in [0, 0.1) is 24.2 Å². The second-order valence-corrected chi connectivity index (χ2v) is 5.55. The lowest BCUT2D eigenvalue weighted by Gasteiger charge is -1.90. The third-order valence-corrected chi connectivity index (χ3v) is 3.44. The van der Waals surface area contributed by atoms with Crippen molar-refractivity contribution in [1.82, 2.24) is 0 Å². The topological polar surface area (TPSA) is 0 Å². The van der Waals surface area contributed by atoms with Gasteiger partial charge in [-0.1, -0.05) is 70.1 Å². The molecular weight excluding hydrogens is 344 g/mol. The first-order valence-electron chi connectivity index (χ1n) is 7.12. The van der Waals surface area contributed by atoms with E-state index in [0.29, 0.717) is 0 Å². The average Bonchev–Trinajstić information content (AvgIpc) is 2.63. The van der Waals surface area contributed by atoms with Crippen LogP contribution in [0.25, 0.3) is 0 Å². The minimum absolute atomic E-state index is 0.938. The molecule has 3 rings (SSSR count). The lowest BCUT2D eigenvalue weighted by molar-refractivity contribution is 1.59. The molecule has 0 amide bonds. The molecule has 0 fully saturated rings. The van der Waals surface area contributed by atoms with Crippen LogP contribution in [0.2, 0.25) is 0 Å². The lowest BCUT2D eigenvalue weighted by atomic mass is 10.2. The number of halogens is 1. The van der Waals surface area contributed by atoms with Gasteiger partial charge in [-0.15, -0.1) is 6.42 Å². The monoisotopic (exact) mass is 358 g/mol. The Morgan fingerprint density at radius 1 is 0.565 bits per heavy atom. The Bertz CT molecular complexity index is 814. The maximum atomic E-state index is 5.10. The molecular formula is C22H15Br. The Morgan fingerprint density at radius 3 is 1.43 bits per heavy atom. The van der Waals surface area contributed by atoms with Crippen LogP contribution in [-0.4, -0.2) is 0 Å². The van der Waals surface area contributed by atoms with Crippen LogP contribution in [0.5, 0.6) is 0 Å². The smallest absolute Gasteiger partial charge is 0.0249 e. The molecule has 23 heavy (non-hydrogen) atoms. The maximum absolute atomic E-state index is 5.10. The number of benzene rings is 3. The van der Waals surface area contributed by atoms with Gasteiger partial charge in [0.1, 0.15) is 0 Å². The Labute approximate surface area is 146 Å². The summed E-state index contributed by atoms with van der Waals surface area (Å²) in [5.41, 5.74) is 3.01. The second kappa shape index (κ2) is 9.31. The van der Waals surface area contributed by atoms with Crippen molar-refractivity contribution in [2.45, 2.75) is 0 Å². The van der Waals surface area contributed by atoms with Crippen LogP contribution in [0.4, 0.5) is 0 Å². The SMILES string of the molecule is Brc1ccc(C#Cc2ccccc2)cc1.C#Cc1ccccc1. The first-order chi connectivity index (χ1) is 11.3. The molecule has 0 aliphatic heterocycles. The van der Waals surface area contributed by atoms with E-state index < -0.39 is 0 Å². The first kappa shape index (κ1) is 16.6.